The molecule has 0 aromatic rings. The van der Waals surface area contributed by atoms with Crippen molar-refractivity contribution in [2.45, 2.75) is 44.9 Å². The fourth-order valence-electron chi connectivity index (χ4n) is 3.85. The molecule has 0 atom stereocenters. The van der Waals surface area contributed by atoms with Gasteiger partial charge >= 0.3 is 0 Å². The molecule has 2 saturated heterocycles. The number of piperidine rings is 1. The van der Waals surface area contributed by atoms with E-state index in [1.807, 2.05) is 0 Å². The fraction of sp³-hybridized carbons (Fsp3) is 1.00. The molecule has 1 N–H and O–H groups in total. The maximum atomic E-state index is 3.38. The number of nitrogens with one attached hydrogen (secondary N) is 1. The molecule has 2 nitrogen and oxygen atoms in total. The Morgan fingerprint density at radius 1 is 0.938 bits per heavy atom. The van der Waals surface area contributed by atoms with E-state index in [1.165, 1.54) is 77.7 Å². The van der Waals surface area contributed by atoms with E-state index in [9.17, 15) is 0 Å². The Labute approximate surface area is 99.8 Å². The first-order valence-electron chi connectivity index (χ1n) is 7.29. The minimum atomic E-state index is 0.784. The van der Waals surface area contributed by atoms with Gasteiger partial charge in [-0.05, 0) is 50.1 Å². The molecule has 0 radical (unpaired) electrons. The van der Waals surface area contributed by atoms with Crippen molar-refractivity contribution in [2.75, 3.05) is 32.7 Å². The van der Waals surface area contributed by atoms with Crippen LogP contribution in [-0.4, -0.2) is 37.6 Å². The first-order chi connectivity index (χ1) is 7.86. The Morgan fingerprint density at radius 2 is 1.62 bits per heavy atom. The SMILES string of the molecule is C1CCC2(CC1)CCN(CC1CNC1)CC2. The predicted molar refractivity (Wildman–Crippen MR) is 67.6 cm³/mol. The number of hydrogen-bond acceptors (Lipinski definition) is 2. The number of rotatable bonds is 2. The van der Waals surface area contributed by atoms with E-state index in [0.717, 1.165) is 11.3 Å². The summed E-state index contributed by atoms with van der Waals surface area (Å²) < 4.78 is 0. The fourth-order valence-corrected chi connectivity index (χ4v) is 3.85. The molecule has 3 aliphatic rings. The van der Waals surface area contributed by atoms with E-state index in [1.54, 1.807) is 0 Å². The normalized spacial score (nSPS) is 31.5. The molecule has 16 heavy (non-hydrogen) atoms. The smallest absolute Gasteiger partial charge is 0.00340 e. The summed E-state index contributed by atoms with van der Waals surface area (Å²) in [7, 11) is 0. The second-order valence-electron chi connectivity index (χ2n) is 6.39. The highest BCUT2D eigenvalue weighted by atomic mass is 15.1. The minimum absolute atomic E-state index is 0.784. The van der Waals surface area contributed by atoms with Crippen LogP contribution >= 0.6 is 0 Å². The largest absolute Gasteiger partial charge is 0.316 e. The Balaban J connectivity index is 1.46. The second kappa shape index (κ2) is 4.66. The number of nitrogens with zero attached hydrogens (tertiary/aromatic N) is 1. The molecule has 3 rings (SSSR count). The van der Waals surface area contributed by atoms with Gasteiger partial charge < -0.3 is 10.2 Å². The Hall–Kier alpha value is -0.0800. The molecule has 0 aromatic heterocycles. The molecule has 1 aliphatic carbocycles. The van der Waals surface area contributed by atoms with Crippen molar-refractivity contribution in [2.24, 2.45) is 11.3 Å². The molecular formula is C14H26N2. The third kappa shape index (κ3) is 2.28. The van der Waals surface area contributed by atoms with Crippen molar-refractivity contribution >= 4 is 0 Å². The summed E-state index contributed by atoms with van der Waals surface area (Å²) >= 11 is 0. The first-order valence-corrected chi connectivity index (χ1v) is 7.29. The first kappa shape index (κ1) is 11.0. The van der Waals surface area contributed by atoms with E-state index in [-0.39, 0.29) is 0 Å². The summed E-state index contributed by atoms with van der Waals surface area (Å²) in [6.07, 6.45) is 10.6. The van der Waals surface area contributed by atoms with Crippen molar-refractivity contribution in [1.29, 1.82) is 0 Å². The highest BCUT2D eigenvalue weighted by Crippen LogP contribution is 2.44. The molecule has 0 bridgehead atoms. The summed E-state index contributed by atoms with van der Waals surface area (Å²) in [4.78, 5) is 2.73. The highest BCUT2D eigenvalue weighted by molar-refractivity contribution is 4.89. The molecule has 1 spiro atoms. The zero-order chi connectivity index (χ0) is 10.8. The zero-order valence-corrected chi connectivity index (χ0v) is 10.5. The van der Waals surface area contributed by atoms with Crippen LogP contribution in [0, 0.1) is 11.3 Å². The second-order valence-corrected chi connectivity index (χ2v) is 6.39. The summed E-state index contributed by atoms with van der Waals surface area (Å²) in [5, 5.41) is 3.38. The van der Waals surface area contributed by atoms with Crippen molar-refractivity contribution in [3.8, 4) is 0 Å². The van der Waals surface area contributed by atoms with Crippen LogP contribution in [0.5, 0.6) is 0 Å². The number of hydrogen-bond donors (Lipinski definition) is 1. The third-order valence-electron chi connectivity index (χ3n) is 5.21. The van der Waals surface area contributed by atoms with Gasteiger partial charge in [-0.25, -0.2) is 0 Å². The zero-order valence-electron chi connectivity index (χ0n) is 10.5. The lowest BCUT2D eigenvalue weighted by Gasteiger charge is -2.45. The Morgan fingerprint density at radius 3 is 2.19 bits per heavy atom. The van der Waals surface area contributed by atoms with E-state index in [0.29, 0.717) is 0 Å². The maximum Gasteiger partial charge on any atom is 0.00340 e. The molecule has 0 unspecified atom stereocenters. The molecule has 0 aromatic carbocycles. The average molecular weight is 222 g/mol. The van der Waals surface area contributed by atoms with Crippen LogP contribution in [-0.2, 0) is 0 Å². The average Bonchev–Trinajstić information content (AvgIpc) is 2.27. The lowest BCUT2D eigenvalue weighted by atomic mass is 9.68. The van der Waals surface area contributed by atoms with Gasteiger partial charge in [0.2, 0.25) is 0 Å². The van der Waals surface area contributed by atoms with Gasteiger partial charge in [-0.2, -0.15) is 0 Å². The highest BCUT2D eigenvalue weighted by Gasteiger charge is 2.36. The molecule has 2 heterocycles. The Bertz CT molecular complexity index is 219. The van der Waals surface area contributed by atoms with Crippen LogP contribution in [0.15, 0.2) is 0 Å². The van der Waals surface area contributed by atoms with Crippen molar-refractivity contribution in [3.63, 3.8) is 0 Å². The third-order valence-corrected chi connectivity index (χ3v) is 5.21. The summed E-state index contributed by atoms with van der Waals surface area (Å²) in [6.45, 7) is 6.67. The van der Waals surface area contributed by atoms with Gasteiger partial charge in [0, 0.05) is 19.6 Å². The van der Waals surface area contributed by atoms with Crippen molar-refractivity contribution in [3.05, 3.63) is 0 Å². The van der Waals surface area contributed by atoms with Gasteiger partial charge in [-0.3, -0.25) is 0 Å². The van der Waals surface area contributed by atoms with E-state index >= 15 is 0 Å². The molecular weight excluding hydrogens is 196 g/mol. The van der Waals surface area contributed by atoms with Crippen LogP contribution < -0.4 is 5.32 Å². The number of likely N-dealkylation sites (tertiary alicyclic amines) is 1. The molecule has 92 valence electrons. The lowest BCUT2D eigenvalue weighted by Crippen LogP contribution is -2.50. The van der Waals surface area contributed by atoms with Crippen LogP contribution in [0.1, 0.15) is 44.9 Å². The summed E-state index contributed by atoms with van der Waals surface area (Å²) in [6, 6.07) is 0. The molecule has 1 saturated carbocycles. The van der Waals surface area contributed by atoms with Crippen LogP contribution in [0.3, 0.4) is 0 Å². The van der Waals surface area contributed by atoms with Gasteiger partial charge in [-0.1, -0.05) is 19.3 Å². The predicted octanol–water partition coefficient (Wildman–Crippen LogP) is 2.25. The van der Waals surface area contributed by atoms with Gasteiger partial charge in [0.05, 0.1) is 0 Å². The van der Waals surface area contributed by atoms with Gasteiger partial charge in [-0.15, -0.1) is 0 Å². The van der Waals surface area contributed by atoms with E-state index in [2.05, 4.69) is 10.2 Å². The van der Waals surface area contributed by atoms with Crippen molar-refractivity contribution < 1.29 is 0 Å². The topological polar surface area (TPSA) is 15.3 Å². The quantitative estimate of drug-likeness (QED) is 0.771. The van der Waals surface area contributed by atoms with Gasteiger partial charge in [0.25, 0.3) is 0 Å². The summed E-state index contributed by atoms with van der Waals surface area (Å²) in [5.41, 5.74) is 0.784. The van der Waals surface area contributed by atoms with Crippen molar-refractivity contribution in [1.82, 2.24) is 10.2 Å². The Kier molecular flexibility index (Phi) is 3.21. The van der Waals surface area contributed by atoms with Crippen LogP contribution in [0.25, 0.3) is 0 Å². The molecule has 2 heteroatoms. The summed E-state index contributed by atoms with van der Waals surface area (Å²) in [5.74, 6) is 0.959. The lowest BCUT2D eigenvalue weighted by molar-refractivity contribution is 0.0546. The van der Waals surface area contributed by atoms with Crippen LogP contribution in [0.4, 0.5) is 0 Å². The maximum absolute atomic E-state index is 3.38. The standard InChI is InChI=1S/C14H26N2/c1-2-4-14(5-3-1)6-8-16(9-7-14)12-13-10-15-11-13/h13,15H,1-12H2. The molecule has 2 aliphatic heterocycles. The van der Waals surface area contributed by atoms with E-state index in [4.69, 9.17) is 0 Å². The minimum Gasteiger partial charge on any atom is -0.316 e. The monoisotopic (exact) mass is 222 g/mol. The van der Waals surface area contributed by atoms with Gasteiger partial charge in [0.15, 0.2) is 0 Å². The molecule has 0 amide bonds. The molecule has 3 fully saturated rings. The van der Waals surface area contributed by atoms with Crippen LogP contribution in [0.2, 0.25) is 0 Å². The van der Waals surface area contributed by atoms with E-state index < -0.39 is 0 Å². The van der Waals surface area contributed by atoms with Gasteiger partial charge in [0.1, 0.15) is 0 Å².